The number of nitrogens with zero attached hydrogens (tertiary/aromatic N) is 2. The first kappa shape index (κ1) is 12.6. The molecule has 18 heavy (non-hydrogen) atoms. The Kier molecular flexibility index (Phi) is 4.35. The molecule has 0 saturated heterocycles. The number of anilines is 1. The molecule has 94 valence electrons. The van der Waals surface area contributed by atoms with E-state index in [1.165, 1.54) is 0 Å². The Bertz CT molecular complexity index is 513. The third-order valence-electron chi connectivity index (χ3n) is 2.11. The fraction of sp³-hybridized carbons (Fsp3) is 0.250. The first-order chi connectivity index (χ1) is 8.74. The molecule has 0 fully saturated rings. The molecule has 0 bridgehead atoms. The number of aromatic nitrogens is 2. The topological polar surface area (TPSA) is 68.0 Å². The van der Waals surface area contributed by atoms with Gasteiger partial charge in [0.25, 0.3) is 0 Å². The van der Waals surface area contributed by atoms with Gasteiger partial charge in [-0.15, -0.1) is 11.8 Å². The predicted molar refractivity (Wildman–Crippen MR) is 69.4 cm³/mol. The Labute approximate surface area is 109 Å². The van der Waals surface area contributed by atoms with Gasteiger partial charge in [0.15, 0.2) is 5.82 Å². The lowest BCUT2D eigenvalue weighted by atomic mass is 10.4. The normalized spacial score (nSPS) is 10.3. The first-order valence-corrected chi connectivity index (χ1v) is 6.49. The Morgan fingerprint density at radius 1 is 1.50 bits per heavy atom. The number of hydrogen-bond acceptors (Lipinski definition) is 5. The summed E-state index contributed by atoms with van der Waals surface area (Å²) in [6, 6.07) is 7.39. The number of pyridine rings is 1. The minimum Gasteiger partial charge on any atom is -0.360 e. The van der Waals surface area contributed by atoms with E-state index in [4.69, 9.17) is 4.52 Å². The molecule has 0 aliphatic heterocycles. The van der Waals surface area contributed by atoms with Gasteiger partial charge in [-0.2, -0.15) is 0 Å². The van der Waals surface area contributed by atoms with Crippen LogP contribution in [-0.2, 0) is 4.79 Å². The Hall–Kier alpha value is -1.82. The fourth-order valence-electron chi connectivity index (χ4n) is 1.31. The summed E-state index contributed by atoms with van der Waals surface area (Å²) in [5.74, 6) is 1.74. The SMILES string of the molecule is Cc1cc(NC(=O)CCSc2ccccn2)no1. The van der Waals surface area contributed by atoms with Crippen LogP contribution >= 0.6 is 11.8 Å². The van der Waals surface area contributed by atoms with E-state index in [0.717, 1.165) is 5.03 Å². The zero-order chi connectivity index (χ0) is 12.8. The molecule has 0 aliphatic carbocycles. The van der Waals surface area contributed by atoms with Crippen molar-refractivity contribution >= 4 is 23.5 Å². The third-order valence-corrected chi connectivity index (χ3v) is 3.06. The number of aryl methyl sites for hydroxylation is 1. The number of amides is 1. The van der Waals surface area contributed by atoms with Crippen LogP contribution in [0.5, 0.6) is 0 Å². The summed E-state index contributed by atoms with van der Waals surface area (Å²) in [4.78, 5) is 15.8. The van der Waals surface area contributed by atoms with Gasteiger partial charge in [0.2, 0.25) is 5.91 Å². The summed E-state index contributed by atoms with van der Waals surface area (Å²) in [6.45, 7) is 1.78. The summed E-state index contributed by atoms with van der Waals surface area (Å²) < 4.78 is 4.86. The number of thioether (sulfide) groups is 1. The molecule has 2 aromatic heterocycles. The molecule has 5 nitrogen and oxygen atoms in total. The van der Waals surface area contributed by atoms with Gasteiger partial charge in [-0.05, 0) is 19.1 Å². The molecular weight excluding hydrogens is 250 g/mol. The van der Waals surface area contributed by atoms with Crippen molar-refractivity contribution in [3.8, 4) is 0 Å². The van der Waals surface area contributed by atoms with Crippen molar-refractivity contribution in [3.63, 3.8) is 0 Å². The van der Waals surface area contributed by atoms with E-state index in [0.29, 0.717) is 23.8 Å². The van der Waals surface area contributed by atoms with Gasteiger partial charge in [-0.25, -0.2) is 4.98 Å². The van der Waals surface area contributed by atoms with E-state index in [1.54, 1.807) is 30.9 Å². The highest BCUT2D eigenvalue weighted by Gasteiger charge is 2.06. The van der Waals surface area contributed by atoms with Crippen LogP contribution in [0.2, 0.25) is 0 Å². The summed E-state index contributed by atoms with van der Waals surface area (Å²) in [5.41, 5.74) is 0. The van der Waals surface area contributed by atoms with Crippen LogP contribution in [0.15, 0.2) is 40.0 Å². The van der Waals surface area contributed by atoms with E-state index in [1.807, 2.05) is 18.2 Å². The molecule has 0 atom stereocenters. The highest BCUT2D eigenvalue weighted by molar-refractivity contribution is 7.99. The van der Waals surface area contributed by atoms with Gasteiger partial charge in [0.1, 0.15) is 5.76 Å². The van der Waals surface area contributed by atoms with Gasteiger partial charge in [0, 0.05) is 24.4 Å². The number of rotatable bonds is 5. The van der Waals surface area contributed by atoms with E-state index in [-0.39, 0.29) is 5.91 Å². The van der Waals surface area contributed by atoms with Crippen molar-refractivity contribution in [1.82, 2.24) is 10.1 Å². The van der Waals surface area contributed by atoms with Crippen molar-refractivity contribution in [2.45, 2.75) is 18.4 Å². The first-order valence-electron chi connectivity index (χ1n) is 5.51. The largest absolute Gasteiger partial charge is 0.360 e. The quantitative estimate of drug-likeness (QED) is 0.839. The highest BCUT2D eigenvalue weighted by Crippen LogP contribution is 2.15. The Morgan fingerprint density at radius 2 is 2.39 bits per heavy atom. The zero-order valence-electron chi connectivity index (χ0n) is 9.92. The maximum absolute atomic E-state index is 11.6. The minimum atomic E-state index is -0.0771. The lowest BCUT2D eigenvalue weighted by molar-refractivity contribution is -0.115. The van der Waals surface area contributed by atoms with Crippen LogP contribution in [0, 0.1) is 6.92 Å². The lowest BCUT2D eigenvalue weighted by Crippen LogP contribution is -2.12. The van der Waals surface area contributed by atoms with E-state index >= 15 is 0 Å². The van der Waals surface area contributed by atoms with Crippen molar-refractivity contribution in [2.24, 2.45) is 0 Å². The highest BCUT2D eigenvalue weighted by atomic mass is 32.2. The molecule has 0 radical (unpaired) electrons. The number of carbonyl (C=O) groups is 1. The lowest BCUT2D eigenvalue weighted by Gasteiger charge is -2.01. The van der Waals surface area contributed by atoms with E-state index < -0.39 is 0 Å². The molecule has 0 unspecified atom stereocenters. The van der Waals surface area contributed by atoms with Crippen LogP contribution in [-0.4, -0.2) is 21.8 Å². The molecule has 1 N–H and O–H groups in total. The molecule has 0 spiro atoms. The van der Waals surface area contributed by atoms with Crippen molar-refractivity contribution in [2.75, 3.05) is 11.1 Å². The van der Waals surface area contributed by atoms with Gasteiger partial charge in [-0.3, -0.25) is 4.79 Å². The number of nitrogens with one attached hydrogen (secondary N) is 1. The second-order valence-corrected chi connectivity index (χ2v) is 4.75. The molecule has 0 saturated carbocycles. The van der Waals surface area contributed by atoms with Crippen molar-refractivity contribution in [3.05, 3.63) is 36.2 Å². The number of carbonyl (C=O) groups excluding carboxylic acids is 1. The fourth-order valence-corrected chi connectivity index (χ4v) is 2.12. The average molecular weight is 263 g/mol. The van der Waals surface area contributed by atoms with Crippen LogP contribution in [0.4, 0.5) is 5.82 Å². The van der Waals surface area contributed by atoms with Crippen molar-refractivity contribution in [1.29, 1.82) is 0 Å². The number of hydrogen-bond donors (Lipinski definition) is 1. The molecule has 0 aromatic carbocycles. The van der Waals surface area contributed by atoms with Crippen molar-refractivity contribution < 1.29 is 9.32 Å². The monoisotopic (exact) mass is 263 g/mol. The molecule has 2 rings (SSSR count). The van der Waals surface area contributed by atoms with Gasteiger partial charge >= 0.3 is 0 Å². The summed E-state index contributed by atoms with van der Waals surface area (Å²) in [6.07, 6.45) is 2.15. The maximum atomic E-state index is 11.6. The van der Waals surface area contributed by atoms with E-state index in [2.05, 4.69) is 15.5 Å². The van der Waals surface area contributed by atoms with Crippen LogP contribution in [0.1, 0.15) is 12.2 Å². The van der Waals surface area contributed by atoms with Crippen LogP contribution < -0.4 is 5.32 Å². The molecule has 2 aromatic rings. The summed E-state index contributed by atoms with van der Waals surface area (Å²) >= 11 is 1.55. The summed E-state index contributed by atoms with van der Waals surface area (Å²) in [7, 11) is 0. The predicted octanol–water partition coefficient (Wildman–Crippen LogP) is 2.50. The maximum Gasteiger partial charge on any atom is 0.226 e. The molecule has 6 heteroatoms. The van der Waals surface area contributed by atoms with Gasteiger partial charge < -0.3 is 9.84 Å². The molecule has 2 heterocycles. The summed E-state index contributed by atoms with van der Waals surface area (Å²) in [5, 5.41) is 7.29. The molecule has 1 amide bonds. The zero-order valence-corrected chi connectivity index (χ0v) is 10.7. The van der Waals surface area contributed by atoms with Crippen LogP contribution in [0.3, 0.4) is 0 Å². The second kappa shape index (κ2) is 6.20. The Morgan fingerprint density at radius 3 is 3.06 bits per heavy atom. The standard InChI is InChI=1S/C12H13N3O2S/c1-9-8-10(15-17-9)14-11(16)5-7-18-12-4-2-3-6-13-12/h2-4,6,8H,5,7H2,1H3,(H,14,15,16). The average Bonchev–Trinajstić information content (AvgIpc) is 2.76. The smallest absolute Gasteiger partial charge is 0.226 e. The molecule has 0 aliphatic rings. The molecular formula is C12H13N3O2S. The van der Waals surface area contributed by atoms with Crippen LogP contribution in [0.25, 0.3) is 0 Å². The third kappa shape index (κ3) is 3.89. The van der Waals surface area contributed by atoms with Gasteiger partial charge in [-0.1, -0.05) is 11.2 Å². The van der Waals surface area contributed by atoms with Gasteiger partial charge in [0.05, 0.1) is 5.03 Å². The second-order valence-electron chi connectivity index (χ2n) is 3.64. The minimum absolute atomic E-state index is 0.0771. The Balaban J connectivity index is 1.72. The van der Waals surface area contributed by atoms with E-state index in [9.17, 15) is 4.79 Å².